The Hall–Kier alpha value is -4.73. The van der Waals surface area contributed by atoms with Crippen LogP contribution in [0.2, 0.25) is 0 Å². The number of hydrogen-bond acceptors (Lipinski definition) is 12. The third-order valence-electron chi connectivity index (χ3n) is 5.03. The van der Waals surface area contributed by atoms with Gasteiger partial charge in [0.15, 0.2) is 9.84 Å². The molecule has 0 fully saturated rings. The number of carbonyl (C=O) groups excluding carboxylic acids is 1. The zero-order valence-corrected chi connectivity index (χ0v) is 21.3. The van der Waals surface area contributed by atoms with Gasteiger partial charge in [-0.1, -0.05) is 42.5 Å². The summed E-state index contributed by atoms with van der Waals surface area (Å²) in [7, 11) is -3.52. The van der Waals surface area contributed by atoms with Gasteiger partial charge in [0, 0.05) is 11.8 Å². The Balaban J connectivity index is 2.15. The Kier molecular flexibility index (Phi) is 11.2. The highest BCUT2D eigenvalue weighted by Gasteiger charge is 2.21. The van der Waals surface area contributed by atoms with E-state index in [1.807, 2.05) is 0 Å². The van der Waals surface area contributed by atoms with E-state index in [0.29, 0.717) is 5.56 Å². The van der Waals surface area contributed by atoms with Crippen LogP contribution < -0.4 is 0 Å². The van der Waals surface area contributed by atoms with Gasteiger partial charge in [0.05, 0.1) is 17.1 Å². The molecule has 15 nitrogen and oxygen atoms in total. The molecule has 0 spiro atoms. The number of nitrogens with zero attached hydrogens (tertiary/aromatic N) is 2. The van der Waals surface area contributed by atoms with E-state index in [9.17, 15) is 43.3 Å². The monoisotopic (exact) mass is 568 g/mol. The van der Waals surface area contributed by atoms with Gasteiger partial charge in [-0.25, -0.2) is 18.0 Å². The van der Waals surface area contributed by atoms with Crippen LogP contribution in [0.3, 0.4) is 0 Å². The summed E-state index contributed by atoms with van der Waals surface area (Å²) >= 11 is 0. The molecule has 0 amide bonds. The third-order valence-corrected chi connectivity index (χ3v) is 6.16. The molecule has 0 saturated heterocycles. The van der Waals surface area contributed by atoms with Crippen LogP contribution in [0, 0.1) is 20.2 Å². The number of carboxylic acid groups (broad SMARTS) is 1. The van der Waals surface area contributed by atoms with Gasteiger partial charge in [-0.15, -0.1) is 20.2 Å². The Morgan fingerprint density at radius 3 is 2.13 bits per heavy atom. The van der Waals surface area contributed by atoms with Crippen LogP contribution >= 0.6 is 0 Å². The number of benzene rings is 2. The van der Waals surface area contributed by atoms with Gasteiger partial charge >= 0.3 is 12.1 Å². The highest BCUT2D eigenvalue weighted by molar-refractivity contribution is 7.90. The van der Waals surface area contributed by atoms with Crippen molar-refractivity contribution in [1.82, 2.24) is 0 Å². The van der Waals surface area contributed by atoms with Crippen molar-refractivity contribution in [3.8, 4) is 0 Å². The van der Waals surface area contributed by atoms with Gasteiger partial charge < -0.3 is 24.3 Å². The normalized spacial score (nSPS) is 12.4. The molecule has 1 unspecified atom stereocenters. The lowest BCUT2D eigenvalue weighted by molar-refractivity contribution is -0.790. The van der Waals surface area contributed by atoms with Crippen molar-refractivity contribution in [2.45, 2.75) is 23.8 Å². The zero-order valence-electron chi connectivity index (χ0n) is 20.5. The minimum Gasteiger partial charge on any atom is -0.478 e. The van der Waals surface area contributed by atoms with Crippen LogP contribution in [0.4, 0.5) is 4.79 Å². The van der Waals surface area contributed by atoms with E-state index in [0.717, 1.165) is 6.26 Å². The van der Waals surface area contributed by atoms with Gasteiger partial charge in [0.25, 0.3) is 10.2 Å². The van der Waals surface area contributed by atoms with E-state index in [2.05, 4.69) is 9.68 Å². The second kappa shape index (κ2) is 14.3. The average Bonchev–Trinajstić information content (AvgIpc) is 2.87. The first-order valence-corrected chi connectivity index (χ1v) is 13.0. The van der Waals surface area contributed by atoms with Crippen molar-refractivity contribution in [2.24, 2.45) is 0 Å². The van der Waals surface area contributed by atoms with Crippen LogP contribution in [0.1, 0.15) is 24.0 Å². The van der Waals surface area contributed by atoms with Crippen LogP contribution in [0.5, 0.6) is 0 Å². The molecule has 0 heterocycles. The van der Waals surface area contributed by atoms with Crippen LogP contribution in [-0.2, 0) is 33.8 Å². The number of carboxylic acids is 1. The van der Waals surface area contributed by atoms with Gasteiger partial charge in [-0.3, -0.25) is 0 Å². The summed E-state index contributed by atoms with van der Waals surface area (Å²) < 4.78 is 33.6. The molecule has 39 heavy (non-hydrogen) atoms. The van der Waals surface area contributed by atoms with E-state index in [4.69, 9.17) is 9.47 Å². The second-order valence-electron chi connectivity index (χ2n) is 7.82. The molecular formula is C23H24N2O13S. The zero-order chi connectivity index (χ0) is 29.0. The highest BCUT2D eigenvalue weighted by atomic mass is 32.2. The molecular weight excluding hydrogens is 544 g/mol. The van der Waals surface area contributed by atoms with E-state index >= 15 is 0 Å². The molecule has 210 valence electrons. The predicted molar refractivity (Wildman–Crippen MR) is 132 cm³/mol. The molecule has 0 radical (unpaired) electrons. The van der Waals surface area contributed by atoms with Crippen molar-refractivity contribution < 1.29 is 52.4 Å². The second-order valence-corrected chi connectivity index (χ2v) is 9.84. The molecule has 2 aromatic carbocycles. The number of sulfone groups is 1. The predicted octanol–water partition coefficient (Wildman–Crippen LogP) is 2.80. The van der Waals surface area contributed by atoms with Crippen molar-refractivity contribution in [1.29, 1.82) is 0 Å². The summed E-state index contributed by atoms with van der Waals surface area (Å²) in [6.07, 6.45) is -1.58. The molecule has 16 heteroatoms. The maximum atomic E-state index is 12.2. The van der Waals surface area contributed by atoms with Gasteiger partial charge in [-0.05, 0) is 36.1 Å². The average molecular weight is 569 g/mol. The molecule has 0 aliphatic heterocycles. The standard InChI is InChI=1S/C23H24N2O13S/c1-39(33,34)19-11-9-16(10-12-19)20(21(22(26)27)17-6-3-2-4-7-17)15-36-23(28)35-13-5-8-18(38-25(31)32)14-37-24(29)30/h2-4,6-7,9-12,18H,5,8,13-15H2,1H3,(H,26,27). The topological polar surface area (TPSA) is 212 Å². The van der Waals surface area contributed by atoms with Crippen LogP contribution in [-0.4, -0.2) is 68.0 Å². The summed E-state index contributed by atoms with van der Waals surface area (Å²) in [6, 6.07) is 13.3. The number of aliphatic carboxylic acids is 1. The molecule has 1 atom stereocenters. The summed E-state index contributed by atoms with van der Waals surface area (Å²) in [4.78, 5) is 53.5. The fourth-order valence-corrected chi connectivity index (χ4v) is 3.94. The van der Waals surface area contributed by atoms with E-state index < -0.39 is 51.5 Å². The number of rotatable bonds is 15. The Labute approximate surface area is 221 Å². The molecule has 0 bridgehead atoms. The van der Waals surface area contributed by atoms with Gasteiger partial charge in [-0.2, -0.15) is 0 Å². The minimum atomic E-state index is -3.52. The quantitative estimate of drug-likeness (QED) is 0.0818. The van der Waals surface area contributed by atoms with E-state index in [1.165, 1.54) is 24.3 Å². The molecule has 0 aliphatic carbocycles. The number of carbonyl (C=O) groups is 2. The molecule has 2 aromatic rings. The maximum absolute atomic E-state index is 12.2. The summed E-state index contributed by atoms with van der Waals surface area (Å²) in [5.74, 6) is -1.32. The van der Waals surface area contributed by atoms with E-state index in [1.54, 1.807) is 30.3 Å². The van der Waals surface area contributed by atoms with Crippen molar-refractivity contribution in [3.05, 3.63) is 86.0 Å². The molecule has 0 saturated carbocycles. The lowest BCUT2D eigenvalue weighted by Crippen LogP contribution is -2.25. The Morgan fingerprint density at radius 2 is 1.59 bits per heavy atom. The summed E-state index contributed by atoms with van der Waals surface area (Å²) in [6.45, 7) is -1.57. The molecule has 2 rings (SSSR count). The van der Waals surface area contributed by atoms with Crippen LogP contribution in [0.25, 0.3) is 11.1 Å². The molecule has 1 N–H and O–H groups in total. The third kappa shape index (κ3) is 10.3. The molecule has 0 aliphatic rings. The summed E-state index contributed by atoms with van der Waals surface area (Å²) in [5, 5.41) is 28.5. The Morgan fingerprint density at radius 1 is 0.949 bits per heavy atom. The minimum absolute atomic E-state index is 0.00508. The molecule has 0 aromatic heterocycles. The fraction of sp³-hybridized carbons (Fsp3) is 0.304. The lowest BCUT2D eigenvalue weighted by atomic mass is 9.95. The van der Waals surface area contributed by atoms with Crippen molar-refractivity contribution in [2.75, 3.05) is 26.1 Å². The van der Waals surface area contributed by atoms with Gasteiger partial charge in [0.2, 0.25) is 0 Å². The first-order valence-electron chi connectivity index (χ1n) is 11.1. The van der Waals surface area contributed by atoms with Gasteiger partial charge in [0.1, 0.15) is 19.3 Å². The largest absolute Gasteiger partial charge is 0.508 e. The first-order chi connectivity index (χ1) is 18.4. The number of hydrogen-bond donors (Lipinski definition) is 1. The first kappa shape index (κ1) is 30.5. The SMILES string of the molecule is CS(=O)(=O)c1ccc(C(COC(=O)OCCCC(CO[N+](=O)[O-])O[N+](=O)[O-])=C(C(=O)O)c2ccccc2)cc1. The number of ether oxygens (including phenoxy) is 2. The smallest absolute Gasteiger partial charge is 0.478 e. The van der Waals surface area contributed by atoms with E-state index in [-0.39, 0.29) is 41.1 Å². The van der Waals surface area contributed by atoms with Crippen molar-refractivity contribution >= 4 is 33.1 Å². The highest BCUT2D eigenvalue weighted by Crippen LogP contribution is 2.28. The Bertz CT molecular complexity index is 1310. The lowest BCUT2D eigenvalue weighted by Gasteiger charge is -2.15. The van der Waals surface area contributed by atoms with Crippen LogP contribution in [0.15, 0.2) is 59.5 Å². The van der Waals surface area contributed by atoms with Crippen molar-refractivity contribution in [3.63, 3.8) is 0 Å². The maximum Gasteiger partial charge on any atom is 0.508 e. The summed E-state index contributed by atoms with van der Waals surface area (Å²) in [5.41, 5.74) is 0.447. The fourth-order valence-electron chi connectivity index (χ4n) is 3.31.